The Morgan fingerprint density at radius 1 is 1.00 bits per heavy atom. The van der Waals surface area contributed by atoms with Crippen molar-refractivity contribution in [3.05, 3.63) is 54.1 Å². The molecular weight excluding hydrogens is 210 g/mol. The maximum Gasteiger partial charge on any atom is 0.316 e. The third-order valence-electron chi connectivity index (χ3n) is 3.22. The lowest BCUT2D eigenvalue weighted by molar-refractivity contribution is 0.552. The number of carbonyl (C=O) groups excluding carboxylic acids is 1. The van der Waals surface area contributed by atoms with Gasteiger partial charge in [-0.2, -0.15) is 0 Å². The minimum atomic E-state index is 0.739. The van der Waals surface area contributed by atoms with E-state index in [1.165, 1.54) is 16.7 Å². The van der Waals surface area contributed by atoms with Crippen LogP contribution in [-0.2, 0) is 11.2 Å². The first kappa shape index (κ1) is 10.1. The Hall–Kier alpha value is -2.09. The van der Waals surface area contributed by atoms with E-state index >= 15 is 0 Å². The third kappa shape index (κ3) is 1.62. The Labute approximate surface area is 100 Å². The van der Waals surface area contributed by atoms with Gasteiger partial charge in [0.1, 0.15) is 0 Å². The molecule has 83 valence electrons. The first-order chi connectivity index (χ1) is 8.40. The zero-order chi connectivity index (χ0) is 11.7. The topological polar surface area (TPSA) is 20.3 Å². The highest BCUT2D eigenvalue weighted by Crippen LogP contribution is 2.35. The van der Waals surface area contributed by atoms with Crippen LogP contribution >= 0.6 is 0 Å². The monoisotopic (exact) mass is 222 g/mol. The molecule has 2 nitrogen and oxygen atoms in total. The van der Waals surface area contributed by atoms with E-state index in [0.717, 1.165) is 18.7 Å². The minimum absolute atomic E-state index is 0.739. The molecule has 1 aliphatic rings. The van der Waals surface area contributed by atoms with Crippen molar-refractivity contribution >= 4 is 12.1 Å². The molecule has 2 aromatic carbocycles. The average molecular weight is 222 g/mol. The summed E-state index contributed by atoms with van der Waals surface area (Å²) in [6.45, 7) is 0.739. The minimum Gasteiger partial charge on any atom is -0.304 e. The highest BCUT2D eigenvalue weighted by Gasteiger charge is 2.21. The summed E-state index contributed by atoms with van der Waals surface area (Å²) >= 11 is 0. The van der Waals surface area contributed by atoms with Crippen LogP contribution in [0.25, 0.3) is 11.1 Å². The van der Waals surface area contributed by atoms with Gasteiger partial charge in [0, 0.05) is 12.2 Å². The zero-order valence-electron chi connectivity index (χ0n) is 9.39. The molecule has 0 N–H and O–H groups in total. The number of amides is 1. The van der Waals surface area contributed by atoms with Gasteiger partial charge in [0.05, 0.1) is 0 Å². The third-order valence-corrected chi connectivity index (χ3v) is 3.22. The Balaban J connectivity index is 2.15. The largest absolute Gasteiger partial charge is 0.316 e. The van der Waals surface area contributed by atoms with Gasteiger partial charge in [-0.1, -0.05) is 42.5 Å². The van der Waals surface area contributed by atoms with E-state index in [0.29, 0.717) is 0 Å². The first-order valence-corrected chi connectivity index (χ1v) is 5.73. The van der Waals surface area contributed by atoms with Crippen molar-refractivity contribution in [1.29, 1.82) is 0 Å². The molecular formula is C15H12NO. The van der Waals surface area contributed by atoms with Gasteiger partial charge in [0.2, 0.25) is 0 Å². The fourth-order valence-electron chi connectivity index (χ4n) is 2.42. The van der Waals surface area contributed by atoms with Crippen molar-refractivity contribution in [2.75, 3.05) is 11.4 Å². The van der Waals surface area contributed by atoms with Crippen molar-refractivity contribution in [3.8, 4) is 11.1 Å². The van der Waals surface area contributed by atoms with Gasteiger partial charge in [0.25, 0.3) is 0 Å². The van der Waals surface area contributed by atoms with Gasteiger partial charge in [-0.3, -0.25) is 4.79 Å². The molecule has 1 aliphatic heterocycles. The van der Waals surface area contributed by atoms with Crippen LogP contribution in [0.4, 0.5) is 5.69 Å². The van der Waals surface area contributed by atoms with E-state index in [2.05, 4.69) is 18.2 Å². The van der Waals surface area contributed by atoms with E-state index in [4.69, 9.17) is 0 Å². The molecule has 0 aliphatic carbocycles. The predicted octanol–water partition coefficient (Wildman–Crippen LogP) is 2.78. The van der Waals surface area contributed by atoms with E-state index in [9.17, 15) is 4.79 Å². The molecule has 0 aromatic heterocycles. The quantitative estimate of drug-likeness (QED) is 0.765. The van der Waals surface area contributed by atoms with Crippen molar-refractivity contribution in [2.24, 2.45) is 0 Å². The number of anilines is 1. The van der Waals surface area contributed by atoms with Gasteiger partial charge >= 0.3 is 6.41 Å². The summed E-state index contributed by atoms with van der Waals surface area (Å²) in [5, 5.41) is 0. The lowest BCUT2D eigenvalue weighted by Gasteiger charge is -2.11. The maximum absolute atomic E-state index is 10.8. The zero-order valence-corrected chi connectivity index (χ0v) is 9.39. The normalized spacial score (nSPS) is 13.5. The lowest BCUT2D eigenvalue weighted by Crippen LogP contribution is -2.16. The molecule has 0 saturated heterocycles. The number of hydrogen-bond acceptors (Lipinski definition) is 1. The van der Waals surface area contributed by atoms with E-state index in [1.807, 2.05) is 36.7 Å². The molecule has 2 heteroatoms. The Morgan fingerprint density at radius 2 is 1.82 bits per heavy atom. The predicted molar refractivity (Wildman–Crippen MR) is 68.6 cm³/mol. The van der Waals surface area contributed by atoms with Crippen molar-refractivity contribution < 1.29 is 4.79 Å². The molecule has 0 bridgehead atoms. The molecule has 0 saturated carbocycles. The highest BCUT2D eigenvalue weighted by molar-refractivity contribution is 5.85. The summed E-state index contributed by atoms with van der Waals surface area (Å²) in [7, 11) is 0. The summed E-state index contributed by atoms with van der Waals surface area (Å²) in [6.07, 6.45) is 2.89. The summed E-state index contributed by atoms with van der Waals surface area (Å²) in [6, 6.07) is 16.4. The molecule has 0 fully saturated rings. The number of rotatable bonds is 2. The average Bonchev–Trinajstić information content (AvgIpc) is 2.82. The number of fused-ring (bicyclic) bond motifs is 1. The SMILES string of the molecule is O=[C]N1CCc2c(-c3ccccc3)cccc21. The van der Waals surface area contributed by atoms with Gasteiger partial charge in [-0.05, 0) is 29.2 Å². The van der Waals surface area contributed by atoms with Crippen molar-refractivity contribution in [2.45, 2.75) is 6.42 Å². The van der Waals surface area contributed by atoms with Crippen LogP contribution in [0.2, 0.25) is 0 Å². The van der Waals surface area contributed by atoms with Gasteiger partial charge in [-0.15, -0.1) is 0 Å². The van der Waals surface area contributed by atoms with Crippen molar-refractivity contribution in [1.82, 2.24) is 0 Å². The van der Waals surface area contributed by atoms with Gasteiger partial charge in [0.15, 0.2) is 0 Å². The second-order valence-electron chi connectivity index (χ2n) is 4.16. The van der Waals surface area contributed by atoms with Gasteiger partial charge < -0.3 is 4.90 Å². The Morgan fingerprint density at radius 3 is 2.59 bits per heavy atom. The molecule has 17 heavy (non-hydrogen) atoms. The summed E-state index contributed by atoms with van der Waals surface area (Å²) in [5.41, 5.74) is 4.68. The first-order valence-electron chi connectivity index (χ1n) is 5.73. The van der Waals surface area contributed by atoms with Crippen LogP contribution in [0.1, 0.15) is 5.56 Å². The number of hydrogen-bond donors (Lipinski definition) is 0. The fourth-order valence-corrected chi connectivity index (χ4v) is 2.42. The molecule has 0 unspecified atom stereocenters. The standard InChI is InChI=1S/C15H12NO/c17-11-16-10-9-14-13(7-4-8-15(14)16)12-5-2-1-3-6-12/h1-8H,9-10H2. The van der Waals surface area contributed by atoms with Crippen molar-refractivity contribution in [3.63, 3.8) is 0 Å². The molecule has 1 radical (unpaired) electrons. The highest BCUT2D eigenvalue weighted by atomic mass is 16.1. The van der Waals surface area contributed by atoms with Crippen LogP contribution in [0.3, 0.4) is 0 Å². The summed E-state index contributed by atoms with van der Waals surface area (Å²) < 4.78 is 0. The van der Waals surface area contributed by atoms with Crippen LogP contribution in [0.5, 0.6) is 0 Å². The lowest BCUT2D eigenvalue weighted by atomic mass is 9.98. The van der Waals surface area contributed by atoms with Crippen LogP contribution in [0, 0.1) is 0 Å². The second-order valence-corrected chi connectivity index (χ2v) is 4.16. The number of nitrogens with zero attached hydrogens (tertiary/aromatic N) is 1. The summed E-state index contributed by atoms with van der Waals surface area (Å²) in [4.78, 5) is 12.5. The molecule has 1 amide bonds. The van der Waals surface area contributed by atoms with Gasteiger partial charge in [-0.25, -0.2) is 0 Å². The van der Waals surface area contributed by atoms with E-state index < -0.39 is 0 Å². The maximum atomic E-state index is 10.8. The summed E-state index contributed by atoms with van der Waals surface area (Å²) in [5.74, 6) is 0. The van der Waals surface area contributed by atoms with Crippen LogP contribution in [0.15, 0.2) is 48.5 Å². The second kappa shape index (κ2) is 4.06. The molecule has 2 aromatic rings. The van der Waals surface area contributed by atoms with Crippen LogP contribution < -0.4 is 4.90 Å². The fraction of sp³-hybridized carbons (Fsp3) is 0.133. The molecule has 1 heterocycles. The smallest absolute Gasteiger partial charge is 0.304 e. The Bertz CT molecular complexity index is 548. The molecule has 3 rings (SSSR count). The van der Waals surface area contributed by atoms with E-state index in [-0.39, 0.29) is 0 Å². The molecule has 0 atom stereocenters. The van der Waals surface area contributed by atoms with E-state index in [1.54, 1.807) is 4.90 Å². The Kier molecular flexibility index (Phi) is 2.41. The molecule has 0 spiro atoms. The van der Waals surface area contributed by atoms with Crippen LogP contribution in [-0.4, -0.2) is 13.0 Å². The number of benzene rings is 2.